The Morgan fingerprint density at radius 3 is 2.86 bits per heavy atom. The van der Waals surface area contributed by atoms with Crippen molar-refractivity contribution in [3.05, 3.63) is 15.1 Å². The lowest BCUT2D eigenvalue weighted by molar-refractivity contribution is 0.612. The highest BCUT2D eigenvalue weighted by atomic mass is 79.9. The number of imidazole rings is 1. The number of hydrogen-bond donors (Lipinski definition) is 1. The Hall–Kier alpha value is -1.35. The molecule has 3 aromatic rings. The first kappa shape index (κ1) is 14.6. The zero-order valence-electron chi connectivity index (χ0n) is 11.8. The first-order chi connectivity index (χ1) is 10.2. The van der Waals surface area contributed by atoms with Crippen molar-refractivity contribution in [3.8, 4) is 0 Å². The quantitative estimate of drug-likeness (QED) is 0.423. The van der Waals surface area contributed by atoms with Gasteiger partial charge in [0.25, 0.3) is 5.56 Å². The summed E-state index contributed by atoms with van der Waals surface area (Å²) in [5.41, 5.74) is 0.927. The fourth-order valence-electron chi connectivity index (χ4n) is 2.36. The van der Waals surface area contributed by atoms with Crippen LogP contribution in [-0.4, -0.2) is 35.4 Å². The highest BCUT2D eigenvalue weighted by molar-refractivity contribution is 9.10. The average Bonchev–Trinajstić information content (AvgIpc) is 3.06. The molecule has 1 N–H and O–H groups in total. The molecule has 3 aromatic heterocycles. The molecule has 21 heavy (non-hydrogen) atoms. The van der Waals surface area contributed by atoms with Gasteiger partial charge in [0.2, 0.25) is 5.78 Å². The fraction of sp³-hybridized carbons (Fsp3) is 0.500. The van der Waals surface area contributed by atoms with Gasteiger partial charge in [0, 0.05) is 6.54 Å². The van der Waals surface area contributed by atoms with Gasteiger partial charge in [0.15, 0.2) is 21.1 Å². The number of H-pyrrole nitrogens is 1. The molecule has 0 saturated heterocycles. The van der Waals surface area contributed by atoms with Crippen LogP contribution in [0.4, 0.5) is 0 Å². The average molecular weight is 371 g/mol. The summed E-state index contributed by atoms with van der Waals surface area (Å²) < 4.78 is 4.05. The van der Waals surface area contributed by atoms with E-state index < -0.39 is 0 Å². The molecule has 0 amide bonds. The summed E-state index contributed by atoms with van der Waals surface area (Å²) in [6.45, 7) is 2.92. The molecule has 9 heteroatoms. The van der Waals surface area contributed by atoms with Crippen LogP contribution in [-0.2, 0) is 6.54 Å². The minimum atomic E-state index is -0.167. The lowest BCUT2D eigenvalue weighted by Gasteiger charge is -2.08. The van der Waals surface area contributed by atoms with Crippen molar-refractivity contribution in [1.82, 2.24) is 29.1 Å². The summed E-state index contributed by atoms with van der Waals surface area (Å²) in [4.78, 5) is 19.9. The van der Waals surface area contributed by atoms with Crippen molar-refractivity contribution in [3.63, 3.8) is 0 Å². The summed E-state index contributed by atoms with van der Waals surface area (Å²) in [7, 11) is 0. The molecule has 0 unspecified atom stereocenters. The highest BCUT2D eigenvalue weighted by Crippen LogP contribution is 2.18. The number of halogens is 1. The zero-order chi connectivity index (χ0) is 15.0. The van der Waals surface area contributed by atoms with Gasteiger partial charge < -0.3 is 4.98 Å². The summed E-state index contributed by atoms with van der Waals surface area (Å²) in [5.74, 6) is 0.548. The van der Waals surface area contributed by atoms with E-state index >= 15 is 0 Å². The van der Waals surface area contributed by atoms with E-state index in [0.717, 1.165) is 25.8 Å². The second-order valence-electron chi connectivity index (χ2n) is 4.71. The monoisotopic (exact) mass is 370 g/mol. The van der Waals surface area contributed by atoms with Crippen LogP contribution in [0.2, 0.25) is 0 Å². The topological polar surface area (TPSA) is 80.9 Å². The van der Waals surface area contributed by atoms with Crippen molar-refractivity contribution in [2.24, 2.45) is 0 Å². The molecule has 0 bridgehead atoms. The van der Waals surface area contributed by atoms with Gasteiger partial charge in [-0.25, -0.2) is 9.38 Å². The maximum absolute atomic E-state index is 12.6. The fourth-order valence-corrected chi connectivity index (χ4v) is 3.20. The van der Waals surface area contributed by atoms with Crippen LogP contribution in [0.5, 0.6) is 0 Å². The minimum Gasteiger partial charge on any atom is -0.327 e. The standard InChI is InChI=1S/C12H15BrN6OS/c1-3-4-5-6-18-8-7(14-10(13)15-8)9(20)19-11(18)16-17-12(19)21-2/h3-6H2,1-2H3,(H,14,15). The number of aromatic nitrogens is 6. The molecule has 0 aliphatic carbocycles. The van der Waals surface area contributed by atoms with Crippen molar-refractivity contribution in [1.29, 1.82) is 0 Å². The van der Waals surface area contributed by atoms with Crippen molar-refractivity contribution < 1.29 is 0 Å². The van der Waals surface area contributed by atoms with Crippen LogP contribution < -0.4 is 5.56 Å². The minimum absolute atomic E-state index is 0.167. The van der Waals surface area contributed by atoms with E-state index in [1.165, 1.54) is 11.8 Å². The Labute approximate surface area is 133 Å². The third kappa shape index (κ3) is 2.38. The van der Waals surface area contributed by atoms with Crippen LogP contribution in [0.25, 0.3) is 16.9 Å². The molecule has 0 saturated carbocycles. The number of aromatic amines is 1. The normalized spacial score (nSPS) is 11.8. The number of unbranched alkanes of at least 4 members (excludes halogenated alkanes) is 2. The lowest BCUT2D eigenvalue weighted by atomic mass is 10.2. The second-order valence-corrected chi connectivity index (χ2v) is 6.24. The van der Waals surface area contributed by atoms with Gasteiger partial charge in [0.1, 0.15) is 0 Å². The third-order valence-corrected chi connectivity index (χ3v) is 4.36. The molecular formula is C12H15BrN6OS. The number of nitrogens with zero attached hydrogens (tertiary/aromatic N) is 5. The van der Waals surface area contributed by atoms with Crippen LogP contribution in [0.3, 0.4) is 0 Å². The smallest absolute Gasteiger partial charge is 0.287 e. The SMILES string of the molecule is CCCCCn1c2nc(Br)[nH]c2c(=O)n2c(SC)nnc12. The first-order valence-electron chi connectivity index (χ1n) is 6.74. The van der Waals surface area contributed by atoms with Crippen LogP contribution in [0.15, 0.2) is 14.7 Å². The molecule has 0 atom stereocenters. The molecule has 0 fully saturated rings. The number of rotatable bonds is 5. The van der Waals surface area contributed by atoms with Gasteiger partial charge in [-0.15, -0.1) is 10.2 Å². The van der Waals surface area contributed by atoms with E-state index in [9.17, 15) is 4.79 Å². The molecule has 7 nitrogen and oxygen atoms in total. The number of thioether (sulfide) groups is 1. The molecule has 0 spiro atoms. The Kier molecular flexibility index (Phi) is 4.03. The maximum Gasteiger partial charge on any atom is 0.287 e. The Morgan fingerprint density at radius 1 is 1.33 bits per heavy atom. The molecule has 0 aliphatic rings. The summed E-state index contributed by atoms with van der Waals surface area (Å²) in [6, 6.07) is 0. The first-order valence-corrected chi connectivity index (χ1v) is 8.76. The van der Waals surface area contributed by atoms with Crippen molar-refractivity contribution in [2.45, 2.75) is 37.9 Å². The second kappa shape index (κ2) is 5.80. The highest BCUT2D eigenvalue weighted by Gasteiger charge is 2.18. The number of hydrogen-bond acceptors (Lipinski definition) is 5. The zero-order valence-corrected chi connectivity index (χ0v) is 14.2. The molecule has 0 aliphatic heterocycles. The van der Waals surface area contributed by atoms with E-state index in [1.807, 2.05) is 10.8 Å². The van der Waals surface area contributed by atoms with Gasteiger partial charge in [-0.05, 0) is 28.6 Å². The largest absolute Gasteiger partial charge is 0.327 e. The Morgan fingerprint density at radius 2 is 2.14 bits per heavy atom. The molecule has 112 valence electrons. The van der Waals surface area contributed by atoms with E-state index in [1.54, 1.807) is 4.40 Å². The van der Waals surface area contributed by atoms with Crippen LogP contribution in [0, 0.1) is 0 Å². The Bertz CT molecular complexity index is 851. The van der Waals surface area contributed by atoms with E-state index in [4.69, 9.17) is 0 Å². The molecular weight excluding hydrogens is 356 g/mol. The number of fused-ring (bicyclic) bond motifs is 2. The van der Waals surface area contributed by atoms with Gasteiger partial charge in [-0.1, -0.05) is 31.5 Å². The van der Waals surface area contributed by atoms with Gasteiger partial charge in [-0.3, -0.25) is 9.36 Å². The molecule has 3 rings (SSSR count). The molecule has 0 aromatic carbocycles. The van der Waals surface area contributed by atoms with Crippen molar-refractivity contribution >= 4 is 44.6 Å². The van der Waals surface area contributed by atoms with Gasteiger partial charge in [0.05, 0.1) is 0 Å². The predicted molar refractivity (Wildman–Crippen MR) is 85.9 cm³/mol. The third-order valence-electron chi connectivity index (χ3n) is 3.35. The van der Waals surface area contributed by atoms with Gasteiger partial charge >= 0.3 is 0 Å². The van der Waals surface area contributed by atoms with E-state index in [-0.39, 0.29) is 5.56 Å². The lowest BCUT2D eigenvalue weighted by Crippen LogP contribution is -2.20. The van der Waals surface area contributed by atoms with Gasteiger partial charge in [-0.2, -0.15) is 0 Å². The summed E-state index contributed by atoms with van der Waals surface area (Å²) in [5, 5.41) is 8.85. The van der Waals surface area contributed by atoms with Crippen LogP contribution in [0.1, 0.15) is 26.2 Å². The van der Waals surface area contributed by atoms with Crippen LogP contribution >= 0.6 is 27.7 Å². The van der Waals surface area contributed by atoms with Crippen molar-refractivity contribution in [2.75, 3.05) is 6.26 Å². The molecule has 3 heterocycles. The number of nitrogens with one attached hydrogen (secondary N) is 1. The van der Waals surface area contributed by atoms with E-state index in [2.05, 4.69) is 43.0 Å². The number of aryl methyl sites for hydroxylation is 1. The molecule has 0 radical (unpaired) electrons. The summed E-state index contributed by atoms with van der Waals surface area (Å²) in [6.07, 6.45) is 5.14. The summed E-state index contributed by atoms with van der Waals surface area (Å²) >= 11 is 4.70. The Balaban J connectivity index is 2.31. The predicted octanol–water partition coefficient (Wildman–Crippen LogP) is 2.44. The van der Waals surface area contributed by atoms with E-state index in [0.29, 0.717) is 26.8 Å². The maximum atomic E-state index is 12.6.